The minimum Gasteiger partial charge on any atom is -0.381 e. The van der Waals surface area contributed by atoms with E-state index in [0.29, 0.717) is 32.6 Å². The van der Waals surface area contributed by atoms with Crippen LogP contribution in [0.25, 0.3) is 0 Å². The third-order valence-corrected chi connectivity index (χ3v) is 5.82. The molecule has 6 nitrogen and oxygen atoms in total. The molecule has 1 aromatic carbocycles. The van der Waals surface area contributed by atoms with Crippen LogP contribution in [0.5, 0.6) is 0 Å². The Morgan fingerprint density at radius 1 is 1.14 bits per heavy atom. The van der Waals surface area contributed by atoms with E-state index < -0.39 is 5.41 Å². The molecule has 2 fully saturated rings. The number of rotatable bonds is 5. The molecule has 0 atom stereocenters. The van der Waals surface area contributed by atoms with Gasteiger partial charge in [0.1, 0.15) is 0 Å². The number of nitrogens with one attached hydrogen (secondary N) is 1. The van der Waals surface area contributed by atoms with Crippen LogP contribution >= 0.6 is 0 Å². The summed E-state index contributed by atoms with van der Waals surface area (Å²) in [4.78, 5) is 24.8. The smallest absolute Gasteiger partial charge is 0.231 e. The Kier molecular flexibility index (Phi) is 5.57. The average molecular weight is 380 g/mol. The third-order valence-electron chi connectivity index (χ3n) is 5.82. The fourth-order valence-electron chi connectivity index (χ4n) is 4.23. The highest BCUT2D eigenvalue weighted by Crippen LogP contribution is 2.35. The largest absolute Gasteiger partial charge is 0.381 e. The molecule has 148 valence electrons. The first-order valence-corrected chi connectivity index (χ1v) is 10.2. The SMILES string of the molecule is Cc1cc(CNC(=O)C2(c3ccccc3)CCOCC2)nc(N2CCCC2)n1. The average Bonchev–Trinajstić information content (AvgIpc) is 3.28. The molecule has 2 aliphatic heterocycles. The second kappa shape index (κ2) is 8.27. The number of aromatic nitrogens is 2. The van der Waals surface area contributed by atoms with E-state index in [2.05, 4.69) is 15.2 Å². The number of carbonyl (C=O) groups excluding carboxylic acids is 1. The molecule has 3 heterocycles. The second-order valence-electron chi connectivity index (χ2n) is 7.74. The molecule has 0 aliphatic carbocycles. The van der Waals surface area contributed by atoms with Gasteiger partial charge in [-0.2, -0.15) is 0 Å². The molecule has 4 rings (SSSR count). The number of hydrogen-bond acceptors (Lipinski definition) is 5. The summed E-state index contributed by atoms with van der Waals surface area (Å²) in [5.41, 5.74) is 2.33. The van der Waals surface area contributed by atoms with Gasteiger partial charge in [-0.1, -0.05) is 30.3 Å². The number of carbonyl (C=O) groups is 1. The van der Waals surface area contributed by atoms with E-state index in [4.69, 9.17) is 9.72 Å². The lowest BCUT2D eigenvalue weighted by Crippen LogP contribution is -2.47. The Labute approximate surface area is 166 Å². The van der Waals surface area contributed by atoms with Crippen LogP contribution in [-0.2, 0) is 21.5 Å². The predicted molar refractivity (Wildman–Crippen MR) is 108 cm³/mol. The van der Waals surface area contributed by atoms with E-state index in [-0.39, 0.29) is 5.91 Å². The molecule has 6 heteroatoms. The van der Waals surface area contributed by atoms with Gasteiger partial charge >= 0.3 is 0 Å². The summed E-state index contributed by atoms with van der Waals surface area (Å²) in [6.45, 7) is 5.62. The predicted octanol–water partition coefficient (Wildman–Crippen LogP) is 2.75. The molecular formula is C22H28N4O2. The van der Waals surface area contributed by atoms with Crippen LogP contribution in [0.3, 0.4) is 0 Å². The van der Waals surface area contributed by atoms with Gasteiger partial charge in [-0.3, -0.25) is 4.79 Å². The summed E-state index contributed by atoms with van der Waals surface area (Å²) >= 11 is 0. The summed E-state index contributed by atoms with van der Waals surface area (Å²) in [7, 11) is 0. The first kappa shape index (κ1) is 18.9. The van der Waals surface area contributed by atoms with Crippen LogP contribution in [0.4, 0.5) is 5.95 Å². The van der Waals surface area contributed by atoms with Gasteiger partial charge in [-0.25, -0.2) is 9.97 Å². The van der Waals surface area contributed by atoms with Crippen molar-refractivity contribution in [2.45, 2.75) is 44.6 Å². The Morgan fingerprint density at radius 3 is 2.57 bits per heavy atom. The summed E-state index contributed by atoms with van der Waals surface area (Å²) in [5.74, 6) is 0.839. The van der Waals surface area contributed by atoms with E-state index in [0.717, 1.165) is 36.0 Å². The lowest BCUT2D eigenvalue weighted by atomic mass is 9.73. The Hall–Kier alpha value is -2.47. The van der Waals surface area contributed by atoms with Crippen LogP contribution < -0.4 is 10.2 Å². The molecule has 2 saturated heterocycles. The molecule has 28 heavy (non-hydrogen) atoms. The summed E-state index contributed by atoms with van der Waals surface area (Å²) < 4.78 is 5.54. The number of aryl methyl sites for hydroxylation is 1. The lowest BCUT2D eigenvalue weighted by molar-refractivity contribution is -0.130. The zero-order chi connectivity index (χ0) is 19.4. The maximum Gasteiger partial charge on any atom is 0.231 e. The fourth-order valence-corrected chi connectivity index (χ4v) is 4.23. The molecule has 0 unspecified atom stereocenters. The highest BCUT2D eigenvalue weighted by Gasteiger charge is 2.41. The molecule has 1 N–H and O–H groups in total. The molecule has 1 amide bonds. The highest BCUT2D eigenvalue weighted by molar-refractivity contribution is 5.88. The third kappa shape index (κ3) is 3.87. The van der Waals surface area contributed by atoms with Gasteiger partial charge in [0.2, 0.25) is 11.9 Å². The Bertz CT molecular complexity index is 813. The van der Waals surface area contributed by atoms with Crippen molar-refractivity contribution in [3.05, 3.63) is 53.3 Å². The van der Waals surface area contributed by atoms with E-state index in [1.165, 1.54) is 12.8 Å². The van der Waals surface area contributed by atoms with Crippen molar-refractivity contribution in [3.8, 4) is 0 Å². The van der Waals surface area contributed by atoms with Gasteiger partial charge in [-0.05, 0) is 44.2 Å². The highest BCUT2D eigenvalue weighted by atomic mass is 16.5. The van der Waals surface area contributed by atoms with Crippen LogP contribution in [-0.4, -0.2) is 42.2 Å². The number of ether oxygens (including phenoxy) is 1. The lowest BCUT2D eigenvalue weighted by Gasteiger charge is -2.36. The van der Waals surface area contributed by atoms with Gasteiger partial charge in [0.05, 0.1) is 17.7 Å². The van der Waals surface area contributed by atoms with Crippen LogP contribution in [0.15, 0.2) is 36.4 Å². The van der Waals surface area contributed by atoms with Gasteiger partial charge in [0.25, 0.3) is 0 Å². The van der Waals surface area contributed by atoms with Crippen molar-refractivity contribution in [2.24, 2.45) is 0 Å². The number of anilines is 1. The number of benzene rings is 1. The molecule has 0 bridgehead atoms. The molecule has 0 spiro atoms. The van der Waals surface area contributed by atoms with Crippen LogP contribution in [0, 0.1) is 6.92 Å². The molecule has 1 aromatic heterocycles. The van der Waals surface area contributed by atoms with Crippen molar-refractivity contribution >= 4 is 11.9 Å². The summed E-state index contributed by atoms with van der Waals surface area (Å²) in [6, 6.07) is 12.0. The quantitative estimate of drug-likeness (QED) is 0.864. The van der Waals surface area contributed by atoms with Crippen molar-refractivity contribution < 1.29 is 9.53 Å². The first-order chi connectivity index (χ1) is 13.7. The molecule has 0 radical (unpaired) electrons. The number of hydrogen-bond donors (Lipinski definition) is 1. The van der Waals surface area contributed by atoms with Crippen LogP contribution in [0.2, 0.25) is 0 Å². The van der Waals surface area contributed by atoms with Crippen molar-refractivity contribution in [2.75, 3.05) is 31.2 Å². The zero-order valence-corrected chi connectivity index (χ0v) is 16.5. The van der Waals surface area contributed by atoms with E-state index in [1.807, 2.05) is 43.3 Å². The van der Waals surface area contributed by atoms with Gasteiger partial charge in [0, 0.05) is 32.0 Å². The molecule has 2 aliphatic rings. The Balaban J connectivity index is 1.51. The van der Waals surface area contributed by atoms with Gasteiger partial charge in [-0.15, -0.1) is 0 Å². The van der Waals surface area contributed by atoms with E-state index in [9.17, 15) is 4.79 Å². The van der Waals surface area contributed by atoms with Gasteiger partial charge < -0.3 is 15.0 Å². The van der Waals surface area contributed by atoms with E-state index in [1.54, 1.807) is 0 Å². The fraction of sp³-hybridized carbons (Fsp3) is 0.500. The van der Waals surface area contributed by atoms with Crippen molar-refractivity contribution in [1.29, 1.82) is 0 Å². The van der Waals surface area contributed by atoms with Crippen LogP contribution in [0.1, 0.15) is 42.6 Å². The second-order valence-corrected chi connectivity index (χ2v) is 7.74. The minimum absolute atomic E-state index is 0.0565. The summed E-state index contributed by atoms with van der Waals surface area (Å²) in [6.07, 6.45) is 3.77. The maximum atomic E-state index is 13.3. The first-order valence-electron chi connectivity index (χ1n) is 10.2. The minimum atomic E-state index is -0.528. The van der Waals surface area contributed by atoms with Crippen molar-refractivity contribution in [1.82, 2.24) is 15.3 Å². The van der Waals surface area contributed by atoms with Crippen molar-refractivity contribution in [3.63, 3.8) is 0 Å². The molecule has 0 saturated carbocycles. The standard InChI is InChI=1S/C22H28N4O2/c1-17-15-19(25-21(24-17)26-11-5-6-12-26)16-23-20(27)22(9-13-28-14-10-22)18-7-3-2-4-8-18/h2-4,7-8,15H,5-6,9-14,16H2,1H3,(H,23,27). The topological polar surface area (TPSA) is 67.3 Å². The number of nitrogens with zero attached hydrogens (tertiary/aromatic N) is 3. The maximum absolute atomic E-state index is 13.3. The normalized spacial score (nSPS) is 18.8. The zero-order valence-electron chi connectivity index (χ0n) is 16.5. The summed E-state index contributed by atoms with van der Waals surface area (Å²) in [5, 5.41) is 3.15. The number of amides is 1. The van der Waals surface area contributed by atoms with E-state index >= 15 is 0 Å². The monoisotopic (exact) mass is 380 g/mol. The Morgan fingerprint density at radius 2 is 1.86 bits per heavy atom. The van der Waals surface area contributed by atoms with Gasteiger partial charge in [0.15, 0.2) is 0 Å². The molecular weight excluding hydrogens is 352 g/mol. The molecule has 2 aromatic rings.